The summed E-state index contributed by atoms with van der Waals surface area (Å²) in [5.41, 5.74) is 4.66. The second-order valence-corrected chi connectivity index (χ2v) is 7.61. The highest BCUT2D eigenvalue weighted by Crippen LogP contribution is 2.24. The topological polar surface area (TPSA) is 35.6 Å². The van der Waals surface area contributed by atoms with Gasteiger partial charge in [0.05, 0.1) is 5.54 Å². The molecule has 0 bridgehead atoms. The first kappa shape index (κ1) is 18.3. The molecule has 138 valence electrons. The fraction of sp³-hybridized carbons (Fsp3) is 0.409. The minimum Gasteiger partial charge on any atom is -0.368 e. The Morgan fingerprint density at radius 1 is 0.923 bits per heavy atom. The lowest BCUT2D eigenvalue weighted by Crippen LogP contribution is -2.55. The number of anilines is 1. The molecular weight excluding hydrogens is 322 g/mol. The molecule has 0 radical (unpaired) electrons. The Bertz CT molecular complexity index is 762. The molecule has 1 aliphatic rings. The second-order valence-electron chi connectivity index (χ2n) is 7.61. The van der Waals surface area contributed by atoms with Gasteiger partial charge in [-0.05, 0) is 50.5 Å². The van der Waals surface area contributed by atoms with E-state index in [1.54, 1.807) is 0 Å². The summed E-state index contributed by atoms with van der Waals surface area (Å²) in [7, 11) is 0. The molecule has 0 saturated carbocycles. The molecule has 1 heterocycles. The number of rotatable bonds is 3. The van der Waals surface area contributed by atoms with Gasteiger partial charge in [0.15, 0.2) is 0 Å². The van der Waals surface area contributed by atoms with Gasteiger partial charge in [-0.15, -0.1) is 0 Å². The summed E-state index contributed by atoms with van der Waals surface area (Å²) in [6.07, 6.45) is 0. The van der Waals surface area contributed by atoms with E-state index in [0.717, 1.165) is 31.7 Å². The van der Waals surface area contributed by atoms with Gasteiger partial charge in [-0.25, -0.2) is 4.79 Å². The first-order valence-electron chi connectivity index (χ1n) is 9.32. The zero-order valence-electron chi connectivity index (χ0n) is 16.2. The molecular formula is C22H29N3O. The second kappa shape index (κ2) is 7.40. The Labute approximate surface area is 156 Å². The van der Waals surface area contributed by atoms with Gasteiger partial charge >= 0.3 is 6.03 Å². The number of hydrogen-bond donors (Lipinski definition) is 1. The van der Waals surface area contributed by atoms with Crippen LogP contribution in [0.15, 0.2) is 48.5 Å². The lowest BCUT2D eigenvalue weighted by Gasteiger charge is -2.38. The highest BCUT2D eigenvalue weighted by atomic mass is 16.2. The minimum absolute atomic E-state index is 0.0134. The molecule has 1 N–H and O–H groups in total. The van der Waals surface area contributed by atoms with Crippen LogP contribution in [0.3, 0.4) is 0 Å². The van der Waals surface area contributed by atoms with Gasteiger partial charge in [0, 0.05) is 31.9 Å². The number of nitrogens with zero attached hydrogens (tertiary/aromatic N) is 2. The van der Waals surface area contributed by atoms with Crippen molar-refractivity contribution in [3.8, 4) is 0 Å². The Morgan fingerprint density at radius 2 is 1.58 bits per heavy atom. The fourth-order valence-corrected chi connectivity index (χ4v) is 3.50. The van der Waals surface area contributed by atoms with Gasteiger partial charge < -0.3 is 15.1 Å². The zero-order chi connectivity index (χ0) is 18.7. The van der Waals surface area contributed by atoms with E-state index in [-0.39, 0.29) is 11.6 Å². The van der Waals surface area contributed by atoms with E-state index in [9.17, 15) is 4.79 Å². The van der Waals surface area contributed by atoms with Crippen molar-refractivity contribution in [1.82, 2.24) is 10.2 Å². The third kappa shape index (κ3) is 3.85. The number of nitrogens with one attached hydrogen (secondary N) is 1. The first-order chi connectivity index (χ1) is 12.4. The summed E-state index contributed by atoms with van der Waals surface area (Å²) in [5.74, 6) is 0. The molecule has 1 saturated heterocycles. The minimum atomic E-state index is -0.386. The van der Waals surface area contributed by atoms with Crippen molar-refractivity contribution < 1.29 is 4.79 Å². The summed E-state index contributed by atoms with van der Waals surface area (Å²) >= 11 is 0. The lowest BCUT2D eigenvalue weighted by atomic mass is 9.94. The van der Waals surface area contributed by atoms with Crippen LogP contribution in [0.5, 0.6) is 0 Å². The first-order valence-corrected chi connectivity index (χ1v) is 9.32. The maximum Gasteiger partial charge on any atom is 0.318 e. The van der Waals surface area contributed by atoms with Crippen LogP contribution in [-0.4, -0.2) is 37.1 Å². The van der Waals surface area contributed by atoms with Crippen LogP contribution in [0.4, 0.5) is 10.5 Å². The smallest absolute Gasteiger partial charge is 0.318 e. The molecule has 2 amide bonds. The van der Waals surface area contributed by atoms with Gasteiger partial charge in [-0.2, -0.15) is 0 Å². The van der Waals surface area contributed by atoms with Crippen LogP contribution in [0, 0.1) is 13.8 Å². The highest BCUT2D eigenvalue weighted by Gasteiger charge is 2.28. The van der Waals surface area contributed by atoms with Crippen LogP contribution in [0.25, 0.3) is 0 Å². The molecule has 0 aliphatic carbocycles. The monoisotopic (exact) mass is 351 g/mol. The largest absolute Gasteiger partial charge is 0.368 e. The van der Waals surface area contributed by atoms with Crippen molar-refractivity contribution in [2.45, 2.75) is 33.2 Å². The number of amides is 2. The summed E-state index contributed by atoms with van der Waals surface area (Å²) < 4.78 is 0. The maximum atomic E-state index is 12.7. The summed E-state index contributed by atoms with van der Waals surface area (Å²) in [6.45, 7) is 11.6. The molecule has 4 nitrogen and oxygen atoms in total. The van der Waals surface area contributed by atoms with Crippen LogP contribution < -0.4 is 10.2 Å². The number of hydrogen-bond acceptors (Lipinski definition) is 2. The van der Waals surface area contributed by atoms with Crippen LogP contribution >= 0.6 is 0 Å². The number of carbonyl (C=O) groups is 1. The van der Waals surface area contributed by atoms with E-state index < -0.39 is 0 Å². The molecule has 1 fully saturated rings. The van der Waals surface area contributed by atoms with Crippen LogP contribution in [-0.2, 0) is 5.54 Å². The van der Waals surface area contributed by atoms with Crippen LogP contribution in [0.1, 0.15) is 30.5 Å². The van der Waals surface area contributed by atoms with E-state index in [4.69, 9.17) is 0 Å². The normalized spacial score (nSPS) is 15.1. The van der Waals surface area contributed by atoms with Gasteiger partial charge in [0.1, 0.15) is 0 Å². The SMILES string of the molecule is Cc1cccc(N2CCN(C(=O)NC(C)(C)c3ccccc3)CC2)c1C. The molecule has 2 aromatic rings. The molecule has 0 aromatic heterocycles. The molecule has 26 heavy (non-hydrogen) atoms. The third-order valence-corrected chi connectivity index (χ3v) is 5.40. The van der Waals surface area contributed by atoms with E-state index in [1.807, 2.05) is 36.9 Å². The van der Waals surface area contributed by atoms with Gasteiger partial charge in [-0.3, -0.25) is 0 Å². The molecule has 1 aliphatic heterocycles. The molecule has 0 atom stereocenters. The van der Waals surface area contributed by atoms with E-state index in [0.29, 0.717) is 0 Å². The predicted molar refractivity (Wildman–Crippen MR) is 108 cm³/mol. The predicted octanol–water partition coefficient (Wildman–Crippen LogP) is 4.07. The Kier molecular flexibility index (Phi) is 5.21. The van der Waals surface area contributed by atoms with E-state index in [1.165, 1.54) is 16.8 Å². The average molecular weight is 351 g/mol. The standard InChI is InChI=1S/C22H29N3O/c1-17-9-8-12-20(18(17)2)24-13-15-25(16-14-24)21(26)23-22(3,4)19-10-6-5-7-11-19/h5-12H,13-16H2,1-4H3,(H,23,26). The van der Waals surface area contributed by atoms with Crippen molar-refractivity contribution in [3.05, 3.63) is 65.2 Å². The highest BCUT2D eigenvalue weighted by molar-refractivity contribution is 5.75. The van der Waals surface area contributed by atoms with Crippen molar-refractivity contribution in [1.29, 1.82) is 0 Å². The van der Waals surface area contributed by atoms with Crippen molar-refractivity contribution >= 4 is 11.7 Å². The molecule has 2 aromatic carbocycles. The third-order valence-electron chi connectivity index (χ3n) is 5.40. The Morgan fingerprint density at radius 3 is 2.23 bits per heavy atom. The fourth-order valence-electron chi connectivity index (χ4n) is 3.50. The number of carbonyl (C=O) groups excluding carboxylic acids is 1. The zero-order valence-corrected chi connectivity index (χ0v) is 16.2. The molecule has 0 spiro atoms. The summed E-state index contributed by atoms with van der Waals surface area (Å²) in [5, 5.41) is 3.19. The number of aryl methyl sites for hydroxylation is 1. The number of piperazine rings is 1. The molecule has 3 rings (SSSR count). The van der Waals surface area contributed by atoms with Crippen molar-refractivity contribution in [3.63, 3.8) is 0 Å². The summed E-state index contributed by atoms with van der Waals surface area (Å²) in [4.78, 5) is 17.1. The van der Waals surface area contributed by atoms with E-state index in [2.05, 4.69) is 54.4 Å². The maximum absolute atomic E-state index is 12.7. The Hall–Kier alpha value is -2.49. The Balaban J connectivity index is 1.61. The number of urea groups is 1. The average Bonchev–Trinajstić information content (AvgIpc) is 2.64. The summed E-state index contributed by atoms with van der Waals surface area (Å²) in [6, 6.07) is 16.6. The van der Waals surface area contributed by atoms with Gasteiger partial charge in [0.2, 0.25) is 0 Å². The molecule has 4 heteroatoms. The lowest BCUT2D eigenvalue weighted by molar-refractivity contribution is 0.183. The van der Waals surface area contributed by atoms with Gasteiger partial charge in [-0.1, -0.05) is 42.5 Å². The van der Waals surface area contributed by atoms with Crippen molar-refractivity contribution in [2.75, 3.05) is 31.1 Å². The number of benzene rings is 2. The van der Waals surface area contributed by atoms with Gasteiger partial charge in [0.25, 0.3) is 0 Å². The van der Waals surface area contributed by atoms with Crippen LogP contribution in [0.2, 0.25) is 0 Å². The molecule has 0 unspecified atom stereocenters. The van der Waals surface area contributed by atoms with E-state index >= 15 is 0 Å². The van der Waals surface area contributed by atoms with Crippen molar-refractivity contribution in [2.24, 2.45) is 0 Å². The quantitative estimate of drug-likeness (QED) is 0.905.